The quantitative estimate of drug-likeness (QED) is 0.553. The van der Waals surface area contributed by atoms with Gasteiger partial charge in [-0.25, -0.2) is 0 Å². The van der Waals surface area contributed by atoms with Crippen molar-refractivity contribution in [2.45, 2.75) is 6.54 Å². The highest BCUT2D eigenvalue weighted by atomic mass is 16.5. The Balaban J connectivity index is 1.20. The number of amides is 1. The average Bonchev–Trinajstić information content (AvgIpc) is 2.94. The molecule has 0 bridgehead atoms. The molecule has 1 N–H and O–H groups in total. The Kier molecular flexibility index (Phi) is 6.82. The third-order valence-electron chi connectivity index (χ3n) is 6.90. The van der Waals surface area contributed by atoms with E-state index in [4.69, 9.17) is 9.47 Å². The minimum Gasteiger partial charge on any atom is -0.504 e. The molecule has 1 saturated heterocycles. The number of ether oxygens (including phenoxy) is 2. The van der Waals surface area contributed by atoms with Crippen LogP contribution in [0.4, 0.5) is 11.4 Å². The van der Waals surface area contributed by atoms with E-state index in [-0.39, 0.29) is 11.7 Å². The summed E-state index contributed by atoms with van der Waals surface area (Å²) in [6.07, 6.45) is 4.30. The summed E-state index contributed by atoms with van der Waals surface area (Å²) in [5.74, 6) is 0.994. The smallest absolute Gasteiger partial charge is 0.253 e. The van der Waals surface area contributed by atoms with Crippen molar-refractivity contribution in [3.8, 4) is 17.2 Å². The standard InChI is InChI=1S/C29H31N3O4/c1-35-26-14-11-23(27(33)28(26)36-2)20-30-16-18-31(19-17-30)29(34)22-9-12-24(13-10-22)32-15-5-7-21-6-3-4-8-25(21)32/h3-14,33H,15-20H2,1-2H3. The molecule has 3 aromatic carbocycles. The lowest BCUT2D eigenvalue weighted by Gasteiger charge is -2.35. The van der Waals surface area contributed by atoms with Gasteiger partial charge in [0.05, 0.1) is 14.2 Å². The third kappa shape index (κ3) is 4.62. The van der Waals surface area contributed by atoms with Crippen LogP contribution in [-0.2, 0) is 6.54 Å². The summed E-state index contributed by atoms with van der Waals surface area (Å²) < 4.78 is 10.6. The highest BCUT2D eigenvalue weighted by Crippen LogP contribution is 2.39. The number of benzene rings is 3. The molecule has 0 spiro atoms. The molecule has 5 rings (SSSR count). The van der Waals surface area contributed by atoms with Gasteiger partial charge in [0.15, 0.2) is 11.5 Å². The van der Waals surface area contributed by atoms with Crippen LogP contribution in [0.2, 0.25) is 0 Å². The highest BCUT2D eigenvalue weighted by molar-refractivity contribution is 5.95. The summed E-state index contributed by atoms with van der Waals surface area (Å²) in [5, 5.41) is 10.6. The number of nitrogens with zero attached hydrogens (tertiary/aromatic N) is 3. The number of anilines is 2. The minimum absolute atomic E-state index is 0.0501. The number of phenols is 1. The number of piperazine rings is 1. The number of fused-ring (bicyclic) bond motifs is 1. The molecule has 0 saturated carbocycles. The van der Waals surface area contributed by atoms with E-state index < -0.39 is 0 Å². The first-order chi connectivity index (χ1) is 17.6. The summed E-state index contributed by atoms with van der Waals surface area (Å²) >= 11 is 0. The maximum atomic E-state index is 13.2. The largest absolute Gasteiger partial charge is 0.504 e. The number of para-hydroxylation sites is 1. The first-order valence-corrected chi connectivity index (χ1v) is 12.2. The first-order valence-electron chi connectivity index (χ1n) is 12.2. The maximum absolute atomic E-state index is 13.2. The number of methoxy groups -OCH3 is 2. The van der Waals surface area contributed by atoms with E-state index >= 15 is 0 Å². The first kappa shape index (κ1) is 23.8. The molecule has 0 aliphatic carbocycles. The van der Waals surface area contributed by atoms with Gasteiger partial charge >= 0.3 is 0 Å². The van der Waals surface area contributed by atoms with Gasteiger partial charge in [0.2, 0.25) is 5.75 Å². The van der Waals surface area contributed by atoms with E-state index in [9.17, 15) is 9.90 Å². The van der Waals surface area contributed by atoms with Crippen LogP contribution in [-0.4, -0.2) is 67.8 Å². The number of phenolic OH excluding ortho intramolecular Hbond substituents is 1. The van der Waals surface area contributed by atoms with E-state index in [1.807, 2.05) is 41.3 Å². The monoisotopic (exact) mass is 485 g/mol. The Morgan fingerprint density at radius 1 is 0.917 bits per heavy atom. The Morgan fingerprint density at radius 3 is 2.39 bits per heavy atom. The molecule has 0 radical (unpaired) electrons. The van der Waals surface area contributed by atoms with Gasteiger partial charge in [-0.05, 0) is 42.0 Å². The van der Waals surface area contributed by atoms with Crippen LogP contribution in [0.5, 0.6) is 17.2 Å². The average molecular weight is 486 g/mol. The SMILES string of the molecule is COc1ccc(CN2CCN(C(=O)c3ccc(N4CC=Cc5ccccc54)cc3)CC2)c(O)c1OC. The molecule has 7 nitrogen and oxygen atoms in total. The molecule has 3 aromatic rings. The lowest BCUT2D eigenvalue weighted by atomic mass is 10.1. The number of rotatable bonds is 6. The summed E-state index contributed by atoms with van der Waals surface area (Å²) in [7, 11) is 3.06. The van der Waals surface area contributed by atoms with Crippen LogP contribution in [0.1, 0.15) is 21.5 Å². The van der Waals surface area contributed by atoms with Crippen LogP contribution in [0, 0.1) is 0 Å². The normalized spacial score (nSPS) is 15.5. The fraction of sp³-hybridized carbons (Fsp3) is 0.276. The van der Waals surface area contributed by atoms with E-state index in [2.05, 4.69) is 40.2 Å². The lowest BCUT2D eigenvalue weighted by Crippen LogP contribution is -2.48. The summed E-state index contributed by atoms with van der Waals surface area (Å²) in [5.41, 5.74) is 4.92. The topological polar surface area (TPSA) is 65.5 Å². The Labute approximate surface area is 211 Å². The predicted molar refractivity (Wildman–Crippen MR) is 141 cm³/mol. The zero-order chi connectivity index (χ0) is 25.1. The molecule has 0 atom stereocenters. The number of hydrogen-bond donors (Lipinski definition) is 1. The molecule has 2 heterocycles. The van der Waals surface area contributed by atoms with Crippen LogP contribution in [0.25, 0.3) is 6.08 Å². The van der Waals surface area contributed by atoms with Crippen LogP contribution in [0.3, 0.4) is 0 Å². The van der Waals surface area contributed by atoms with Gasteiger partial charge in [-0.3, -0.25) is 9.69 Å². The Bertz CT molecular complexity index is 1260. The third-order valence-corrected chi connectivity index (χ3v) is 6.90. The van der Waals surface area contributed by atoms with Gasteiger partial charge < -0.3 is 24.4 Å². The summed E-state index contributed by atoms with van der Waals surface area (Å²) in [6, 6.07) is 19.9. The molecular formula is C29H31N3O4. The van der Waals surface area contributed by atoms with Crippen molar-refractivity contribution in [3.05, 3.63) is 83.4 Å². The van der Waals surface area contributed by atoms with Crippen molar-refractivity contribution < 1.29 is 19.4 Å². The molecular weight excluding hydrogens is 454 g/mol. The van der Waals surface area contributed by atoms with Crippen molar-refractivity contribution in [2.24, 2.45) is 0 Å². The molecule has 1 fully saturated rings. The molecule has 2 aliphatic rings. The van der Waals surface area contributed by atoms with Crippen molar-refractivity contribution in [1.29, 1.82) is 0 Å². The molecule has 1 amide bonds. The van der Waals surface area contributed by atoms with Crippen LogP contribution < -0.4 is 14.4 Å². The maximum Gasteiger partial charge on any atom is 0.253 e. The van der Waals surface area contributed by atoms with E-state index in [0.717, 1.165) is 30.9 Å². The summed E-state index contributed by atoms with van der Waals surface area (Å²) in [6.45, 7) is 4.12. The highest BCUT2D eigenvalue weighted by Gasteiger charge is 2.24. The second-order valence-corrected chi connectivity index (χ2v) is 9.00. The van der Waals surface area contributed by atoms with Crippen molar-refractivity contribution in [3.63, 3.8) is 0 Å². The van der Waals surface area contributed by atoms with Gasteiger partial charge in [0.25, 0.3) is 5.91 Å². The van der Waals surface area contributed by atoms with Gasteiger partial charge in [-0.1, -0.05) is 36.4 Å². The summed E-state index contributed by atoms with van der Waals surface area (Å²) in [4.78, 5) is 19.6. The van der Waals surface area contributed by atoms with Crippen LogP contribution >= 0.6 is 0 Å². The van der Waals surface area contributed by atoms with E-state index in [1.165, 1.54) is 18.4 Å². The van der Waals surface area contributed by atoms with Crippen molar-refractivity contribution >= 4 is 23.4 Å². The zero-order valence-corrected chi connectivity index (χ0v) is 20.7. The van der Waals surface area contributed by atoms with Gasteiger partial charge in [-0.2, -0.15) is 0 Å². The number of aromatic hydroxyl groups is 1. The van der Waals surface area contributed by atoms with Gasteiger partial charge in [0, 0.05) is 61.8 Å². The van der Waals surface area contributed by atoms with Crippen molar-refractivity contribution in [1.82, 2.24) is 9.80 Å². The predicted octanol–water partition coefficient (Wildman–Crippen LogP) is 4.53. The van der Waals surface area contributed by atoms with Gasteiger partial charge in [0.1, 0.15) is 0 Å². The van der Waals surface area contributed by atoms with Gasteiger partial charge in [-0.15, -0.1) is 0 Å². The number of carbonyl (C=O) groups excluding carboxylic acids is 1. The van der Waals surface area contributed by atoms with Crippen LogP contribution in [0.15, 0.2) is 66.7 Å². The Morgan fingerprint density at radius 2 is 1.67 bits per heavy atom. The molecule has 2 aliphatic heterocycles. The molecule has 7 heteroatoms. The zero-order valence-electron chi connectivity index (χ0n) is 20.7. The van der Waals surface area contributed by atoms with E-state index in [0.29, 0.717) is 36.7 Å². The van der Waals surface area contributed by atoms with E-state index in [1.54, 1.807) is 13.2 Å². The lowest BCUT2D eigenvalue weighted by molar-refractivity contribution is 0.0627. The Hall–Kier alpha value is -3.97. The molecule has 186 valence electrons. The fourth-order valence-electron chi connectivity index (χ4n) is 4.90. The minimum atomic E-state index is 0.0501. The fourth-order valence-corrected chi connectivity index (χ4v) is 4.90. The van der Waals surface area contributed by atoms with Crippen molar-refractivity contribution in [2.75, 3.05) is 51.8 Å². The number of hydrogen-bond acceptors (Lipinski definition) is 6. The molecule has 0 aromatic heterocycles. The number of carbonyl (C=O) groups is 1. The second-order valence-electron chi connectivity index (χ2n) is 9.00. The molecule has 36 heavy (non-hydrogen) atoms. The second kappa shape index (κ2) is 10.3. The molecule has 0 unspecified atom stereocenters.